The quantitative estimate of drug-likeness (QED) is 0.388. The van der Waals surface area contributed by atoms with Crippen molar-refractivity contribution >= 4 is 50.3 Å². The van der Waals surface area contributed by atoms with Crippen molar-refractivity contribution in [1.82, 2.24) is 15.3 Å². The molecule has 0 bridgehead atoms. The lowest BCUT2D eigenvalue weighted by molar-refractivity contribution is 0.592. The molecule has 1 atom stereocenters. The largest absolute Gasteiger partial charge is 0.366 e. The third-order valence-electron chi connectivity index (χ3n) is 4.49. The van der Waals surface area contributed by atoms with Gasteiger partial charge in [0.15, 0.2) is 7.28 Å². The molecule has 4 rings (SSSR count). The number of nitrogens with zero attached hydrogens (tertiary/aromatic N) is 2. The van der Waals surface area contributed by atoms with Crippen molar-refractivity contribution in [1.29, 1.82) is 0 Å². The third-order valence-corrected chi connectivity index (χ3v) is 6.25. The molecule has 2 aliphatic rings. The number of allylic oxidation sites excluding steroid dienone is 1. The van der Waals surface area contributed by atoms with E-state index in [1.54, 1.807) is 11.3 Å². The zero-order valence-electron chi connectivity index (χ0n) is 15.6. The number of anilines is 1. The fourth-order valence-corrected chi connectivity index (χ4v) is 4.18. The minimum absolute atomic E-state index is 0.299. The van der Waals surface area contributed by atoms with Crippen LogP contribution in [0.15, 0.2) is 23.0 Å². The molecule has 0 spiro atoms. The van der Waals surface area contributed by atoms with Gasteiger partial charge in [0, 0.05) is 15.9 Å². The molecular formula is C20H23BBrN4S. The Morgan fingerprint density at radius 1 is 1.41 bits per heavy atom. The lowest BCUT2D eigenvalue weighted by atomic mass is 9.65. The first-order valence-electron chi connectivity index (χ1n) is 9.10. The second kappa shape index (κ2) is 9.05. The van der Waals surface area contributed by atoms with Crippen molar-refractivity contribution in [3.05, 3.63) is 39.4 Å². The van der Waals surface area contributed by atoms with Gasteiger partial charge in [0.1, 0.15) is 11.6 Å². The molecule has 2 aromatic rings. The highest BCUT2D eigenvalue weighted by Gasteiger charge is 2.31. The number of fused-ring (bicyclic) bond motifs is 1. The molecule has 2 N–H and O–H groups in total. The van der Waals surface area contributed by atoms with Crippen LogP contribution in [-0.4, -0.2) is 23.8 Å². The van der Waals surface area contributed by atoms with Crippen LogP contribution < -0.4 is 16.1 Å². The molecule has 0 aromatic carbocycles. The van der Waals surface area contributed by atoms with E-state index < -0.39 is 0 Å². The minimum atomic E-state index is 0.299. The van der Waals surface area contributed by atoms with Gasteiger partial charge in [-0.2, -0.15) is 0 Å². The summed E-state index contributed by atoms with van der Waals surface area (Å²) in [5.41, 5.74) is 3.48. The highest BCUT2D eigenvalue weighted by Crippen LogP contribution is 2.33. The third kappa shape index (κ3) is 4.81. The Hall–Kier alpha value is -1.62. The van der Waals surface area contributed by atoms with E-state index in [1.165, 1.54) is 16.8 Å². The minimum Gasteiger partial charge on any atom is -0.366 e. The summed E-state index contributed by atoms with van der Waals surface area (Å²) in [6.45, 7) is 6.29. The molecule has 1 unspecified atom stereocenters. The smallest absolute Gasteiger partial charge is 0.195 e. The van der Waals surface area contributed by atoms with Gasteiger partial charge in [-0.05, 0) is 51.6 Å². The Kier molecular flexibility index (Phi) is 6.75. The van der Waals surface area contributed by atoms with Gasteiger partial charge in [-0.25, -0.2) is 9.97 Å². The first kappa shape index (κ1) is 20.1. The van der Waals surface area contributed by atoms with E-state index in [0.29, 0.717) is 12.0 Å². The SMILES string of the molecule is C#C.CC(C)CCC1=C(Br)c2nc(C3CN3)nc(NCc3cccs3)c2[B]1. The molecule has 0 saturated carbocycles. The first-order chi connectivity index (χ1) is 13.1. The highest BCUT2D eigenvalue weighted by molar-refractivity contribution is 9.15. The number of thiophene rings is 1. The van der Waals surface area contributed by atoms with Crippen LogP contribution in [0.1, 0.15) is 49.1 Å². The Bertz CT molecular complexity index is 841. The summed E-state index contributed by atoms with van der Waals surface area (Å²) in [6, 6.07) is 4.53. The summed E-state index contributed by atoms with van der Waals surface area (Å²) in [6.07, 6.45) is 10.2. The fourth-order valence-electron chi connectivity index (χ4n) is 2.92. The van der Waals surface area contributed by atoms with E-state index in [0.717, 1.165) is 46.8 Å². The fraction of sp³-hybridized carbons (Fsp3) is 0.400. The summed E-state index contributed by atoms with van der Waals surface area (Å²) in [7, 11) is 2.25. The van der Waals surface area contributed by atoms with Crippen molar-refractivity contribution in [2.45, 2.75) is 39.3 Å². The number of hydrogen-bond donors (Lipinski definition) is 2. The normalized spacial score (nSPS) is 17.2. The van der Waals surface area contributed by atoms with E-state index in [1.807, 2.05) is 0 Å². The standard InChI is InChI=1S/C18H21BBrN4S.C2H2/c1-10(2)5-6-12-15(20)16-14(19-12)18(22-8-11-4-3-7-25-11)24-17(23-16)13-9-21-13;1-2/h3-4,7,10,13,21H,5-6,8-9H2,1-2H3,(H,22,23,24);1-2H. The van der Waals surface area contributed by atoms with E-state index in [-0.39, 0.29) is 0 Å². The monoisotopic (exact) mass is 441 g/mol. The molecular weight excluding hydrogens is 419 g/mol. The van der Waals surface area contributed by atoms with Crippen molar-refractivity contribution in [2.24, 2.45) is 5.92 Å². The van der Waals surface area contributed by atoms with Crippen molar-refractivity contribution in [3.8, 4) is 12.8 Å². The maximum absolute atomic E-state index is 4.83. The van der Waals surface area contributed by atoms with E-state index >= 15 is 0 Å². The molecule has 1 fully saturated rings. The lowest BCUT2D eigenvalue weighted by Crippen LogP contribution is -2.24. The number of hydrogen-bond acceptors (Lipinski definition) is 5. The molecule has 0 aliphatic carbocycles. The van der Waals surface area contributed by atoms with Crippen LogP contribution in [0.2, 0.25) is 0 Å². The molecule has 4 nitrogen and oxygen atoms in total. The first-order valence-corrected chi connectivity index (χ1v) is 10.8. The summed E-state index contributed by atoms with van der Waals surface area (Å²) in [5.74, 6) is 2.53. The second-order valence-electron chi connectivity index (χ2n) is 7.00. The average molecular weight is 442 g/mol. The zero-order valence-corrected chi connectivity index (χ0v) is 18.0. The molecule has 1 saturated heterocycles. The van der Waals surface area contributed by atoms with Crippen LogP contribution in [0, 0.1) is 18.8 Å². The average Bonchev–Trinajstić information content (AvgIpc) is 3.30. The molecule has 139 valence electrons. The predicted molar refractivity (Wildman–Crippen MR) is 120 cm³/mol. The van der Waals surface area contributed by atoms with Gasteiger partial charge in [0.05, 0.1) is 18.3 Å². The summed E-state index contributed by atoms with van der Waals surface area (Å²) >= 11 is 5.56. The van der Waals surface area contributed by atoms with Gasteiger partial charge >= 0.3 is 0 Å². The molecule has 27 heavy (non-hydrogen) atoms. The number of halogens is 1. The van der Waals surface area contributed by atoms with Crippen molar-refractivity contribution < 1.29 is 0 Å². The summed E-state index contributed by atoms with van der Waals surface area (Å²) < 4.78 is 1.13. The molecule has 7 heteroatoms. The number of rotatable bonds is 7. The Morgan fingerprint density at radius 3 is 2.81 bits per heavy atom. The Morgan fingerprint density at radius 2 is 2.19 bits per heavy atom. The molecule has 0 amide bonds. The predicted octanol–water partition coefficient (Wildman–Crippen LogP) is 3.89. The van der Waals surface area contributed by atoms with Crippen molar-refractivity contribution in [2.75, 3.05) is 11.9 Å². The van der Waals surface area contributed by atoms with Gasteiger partial charge in [0.25, 0.3) is 0 Å². The van der Waals surface area contributed by atoms with Gasteiger partial charge in [0.2, 0.25) is 0 Å². The Balaban J connectivity index is 0.00000102. The summed E-state index contributed by atoms with van der Waals surface area (Å²) in [5, 5.41) is 8.95. The van der Waals surface area contributed by atoms with Crippen LogP contribution in [0.3, 0.4) is 0 Å². The zero-order chi connectivity index (χ0) is 19.4. The van der Waals surface area contributed by atoms with Gasteiger partial charge < -0.3 is 10.6 Å². The molecule has 2 aliphatic heterocycles. The van der Waals surface area contributed by atoms with Crippen LogP contribution in [0.4, 0.5) is 5.82 Å². The summed E-state index contributed by atoms with van der Waals surface area (Å²) in [4.78, 5) is 11.0. The van der Waals surface area contributed by atoms with Crippen LogP contribution in [-0.2, 0) is 6.54 Å². The van der Waals surface area contributed by atoms with E-state index in [4.69, 9.17) is 9.97 Å². The van der Waals surface area contributed by atoms with E-state index in [9.17, 15) is 0 Å². The van der Waals surface area contributed by atoms with Crippen LogP contribution >= 0.6 is 27.3 Å². The van der Waals surface area contributed by atoms with Gasteiger partial charge in [-0.3, -0.25) is 0 Å². The lowest BCUT2D eigenvalue weighted by Gasteiger charge is -2.12. The second-order valence-corrected chi connectivity index (χ2v) is 8.83. The number of terminal acetylenes is 1. The van der Waals surface area contributed by atoms with Gasteiger partial charge in [-0.15, -0.1) is 24.2 Å². The maximum atomic E-state index is 4.83. The molecule has 2 aromatic heterocycles. The molecule has 4 heterocycles. The maximum Gasteiger partial charge on any atom is 0.195 e. The topological polar surface area (TPSA) is 59.8 Å². The number of aromatic nitrogens is 2. The highest BCUT2D eigenvalue weighted by atomic mass is 79.9. The van der Waals surface area contributed by atoms with Crippen molar-refractivity contribution in [3.63, 3.8) is 0 Å². The number of nitrogens with one attached hydrogen (secondary N) is 2. The van der Waals surface area contributed by atoms with Crippen LogP contribution in [0.5, 0.6) is 0 Å². The van der Waals surface area contributed by atoms with Crippen LogP contribution in [0.25, 0.3) is 4.48 Å². The van der Waals surface area contributed by atoms with E-state index in [2.05, 4.69) is 78.1 Å². The van der Waals surface area contributed by atoms with Gasteiger partial charge in [-0.1, -0.05) is 25.4 Å². The molecule has 1 radical (unpaired) electrons. The Labute approximate surface area is 174 Å².